The first kappa shape index (κ1) is 14.0. The van der Waals surface area contributed by atoms with E-state index in [2.05, 4.69) is 4.74 Å². The molecule has 0 aliphatic rings. The number of alkyl halides is 4. The van der Waals surface area contributed by atoms with Gasteiger partial charge < -0.3 is 13.9 Å². The number of hydrogen-bond acceptors (Lipinski definition) is 3. The molecule has 0 aliphatic carbocycles. The van der Waals surface area contributed by atoms with Crippen molar-refractivity contribution in [2.45, 2.75) is 32.2 Å². The lowest BCUT2D eigenvalue weighted by Gasteiger charge is -2.18. The van der Waals surface area contributed by atoms with Gasteiger partial charge in [0.25, 0.3) is 0 Å². The van der Waals surface area contributed by atoms with Crippen LogP contribution in [0.15, 0.2) is 22.8 Å². The zero-order valence-corrected chi connectivity index (χ0v) is 9.04. The van der Waals surface area contributed by atoms with Gasteiger partial charge in [0.1, 0.15) is 19.0 Å². The predicted molar refractivity (Wildman–Crippen MR) is 49.9 cm³/mol. The lowest BCUT2D eigenvalue weighted by Crippen LogP contribution is -2.34. The molecule has 7 heteroatoms. The zero-order chi connectivity index (χ0) is 12.9. The fourth-order valence-electron chi connectivity index (χ4n) is 0.934. The molecule has 1 aromatic heterocycles. The van der Waals surface area contributed by atoms with E-state index in [1.54, 1.807) is 12.1 Å². The van der Waals surface area contributed by atoms with Crippen LogP contribution in [0.3, 0.4) is 0 Å². The molecule has 1 atom stereocenters. The van der Waals surface area contributed by atoms with Crippen LogP contribution in [-0.2, 0) is 16.1 Å². The first-order chi connectivity index (χ1) is 7.92. The molecule has 0 bridgehead atoms. The van der Waals surface area contributed by atoms with Gasteiger partial charge in [0.05, 0.1) is 6.26 Å². The van der Waals surface area contributed by atoms with Crippen molar-refractivity contribution in [1.82, 2.24) is 0 Å². The van der Waals surface area contributed by atoms with Gasteiger partial charge in [-0.05, 0) is 19.1 Å². The van der Waals surface area contributed by atoms with E-state index in [1.807, 2.05) is 0 Å². The Balaban J connectivity index is 2.23. The molecule has 1 heterocycles. The highest BCUT2D eigenvalue weighted by atomic mass is 19.3. The van der Waals surface area contributed by atoms with Gasteiger partial charge in [-0.2, -0.15) is 8.78 Å². The van der Waals surface area contributed by atoms with Crippen LogP contribution < -0.4 is 0 Å². The standard InChI is InChI=1S/C10H12F4O3/c1-7(16-5-8-3-2-4-15-8)17-6-10(13,14)9(11)12/h2-4,7,9H,5-6H2,1H3. The minimum absolute atomic E-state index is 0.0222. The van der Waals surface area contributed by atoms with Gasteiger partial charge in [-0.3, -0.25) is 0 Å². The summed E-state index contributed by atoms with van der Waals surface area (Å²) in [6.07, 6.45) is -3.35. The van der Waals surface area contributed by atoms with Gasteiger partial charge in [0.2, 0.25) is 0 Å². The Hall–Kier alpha value is -1.08. The first-order valence-electron chi connectivity index (χ1n) is 4.83. The van der Waals surface area contributed by atoms with Crippen molar-refractivity contribution in [1.29, 1.82) is 0 Å². The largest absolute Gasteiger partial charge is 0.467 e. The maximum atomic E-state index is 12.5. The van der Waals surface area contributed by atoms with Crippen LogP contribution in [0.2, 0.25) is 0 Å². The number of hydrogen-bond donors (Lipinski definition) is 0. The summed E-state index contributed by atoms with van der Waals surface area (Å²) >= 11 is 0. The summed E-state index contributed by atoms with van der Waals surface area (Å²) in [6.45, 7) is -0.0249. The van der Waals surface area contributed by atoms with E-state index in [4.69, 9.17) is 9.15 Å². The molecule has 0 saturated carbocycles. The molecule has 3 nitrogen and oxygen atoms in total. The highest BCUT2D eigenvalue weighted by Gasteiger charge is 2.41. The van der Waals surface area contributed by atoms with Crippen LogP contribution in [0.4, 0.5) is 17.6 Å². The Morgan fingerprint density at radius 1 is 1.35 bits per heavy atom. The second-order valence-electron chi connectivity index (χ2n) is 3.33. The second-order valence-corrected chi connectivity index (χ2v) is 3.33. The third-order valence-corrected chi connectivity index (χ3v) is 1.87. The van der Waals surface area contributed by atoms with Crippen LogP contribution in [0.5, 0.6) is 0 Å². The highest BCUT2D eigenvalue weighted by Crippen LogP contribution is 2.23. The van der Waals surface area contributed by atoms with Gasteiger partial charge in [0.15, 0.2) is 6.29 Å². The number of ether oxygens (including phenoxy) is 2. The first-order valence-corrected chi connectivity index (χ1v) is 4.83. The van der Waals surface area contributed by atoms with Gasteiger partial charge >= 0.3 is 12.3 Å². The Bertz CT molecular complexity index is 313. The predicted octanol–water partition coefficient (Wildman–Crippen LogP) is 3.06. The smallest absolute Gasteiger partial charge is 0.330 e. The Morgan fingerprint density at radius 3 is 2.59 bits per heavy atom. The maximum Gasteiger partial charge on any atom is 0.330 e. The number of halogens is 4. The van der Waals surface area contributed by atoms with Gasteiger partial charge in [-0.15, -0.1) is 0 Å². The molecule has 0 spiro atoms. The summed E-state index contributed by atoms with van der Waals surface area (Å²) in [5, 5.41) is 0. The Morgan fingerprint density at radius 2 is 2.06 bits per heavy atom. The molecule has 0 radical (unpaired) electrons. The maximum absolute atomic E-state index is 12.5. The number of rotatable bonds is 7. The molecule has 1 aromatic rings. The van der Waals surface area contributed by atoms with Crippen molar-refractivity contribution in [3.8, 4) is 0 Å². The van der Waals surface area contributed by atoms with E-state index in [1.165, 1.54) is 13.2 Å². The quantitative estimate of drug-likeness (QED) is 0.555. The average Bonchev–Trinajstić information content (AvgIpc) is 2.76. The molecule has 0 amide bonds. The fraction of sp³-hybridized carbons (Fsp3) is 0.600. The summed E-state index contributed by atoms with van der Waals surface area (Å²) in [6, 6.07) is 3.26. The third-order valence-electron chi connectivity index (χ3n) is 1.87. The topological polar surface area (TPSA) is 31.6 Å². The lowest BCUT2D eigenvalue weighted by atomic mass is 10.4. The summed E-state index contributed by atoms with van der Waals surface area (Å²) < 4.78 is 62.9. The van der Waals surface area contributed by atoms with E-state index in [0.29, 0.717) is 5.76 Å². The van der Waals surface area contributed by atoms with Gasteiger partial charge in [-0.1, -0.05) is 0 Å². The van der Waals surface area contributed by atoms with E-state index in [9.17, 15) is 17.6 Å². The monoisotopic (exact) mass is 256 g/mol. The van der Waals surface area contributed by atoms with E-state index < -0.39 is 25.2 Å². The molecule has 98 valence electrons. The van der Waals surface area contributed by atoms with E-state index in [0.717, 1.165) is 0 Å². The Labute approximate surface area is 95.3 Å². The molecule has 1 rings (SSSR count). The molecular weight excluding hydrogens is 244 g/mol. The molecule has 0 aromatic carbocycles. The van der Waals surface area contributed by atoms with Gasteiger partial charge in [-0.25, -0.2) is 8.78 Å². The van der Waals surface area contributed by atoms with Crippen molar-refractivity contribution < 1.29 is 31.5 Å². The van der Waals surface area contributed by atoms with E-state index in [-0.39, 0.29) is 6.61 Å². The van der Waals surface area contributed by atoms with Crippen molar-refractivity contribution in [3.05, 3.63) is 24.2 Å². The van der Waals surface area contributed by atoms with Gasteiger partial charge in [0, 0.05) is 0 Å². The molecule has 0 fully saturated rings. The van der Waals surface area contributed by atoms with Crippen molar-refractivity contribution >= 4 is 0 Å². The van der Waals surface area contributed by atoms with Crippen molar-refractivity contribution in [2.24, 2.45) is 0 Å². The summed E-state index contributed by atoms with van der Waals surface area (Å²) in [5.41, 5.74) is 0. The molecule has 0 N–H and O–H groups in total. The minimum atomic E-state index is -4.16. The van der Waals surface area contributed by atoms with Crippen LogP contribution in [0, 0.1) is 0 Å². The van der Waals surface area contributed by atoms with Crippen LogP contribution in [0.1, 0.15) is 12.7 Å². The fourth-order valence-corrected chi connectivity index (χ4v) is 0.934. The molecule has 0 saturated heterocycles. The van der Waals surface area contributed by atoms with E-state index >= 15 is 0 Å². The summed E-state index contributed by atoms with van der Waals surface area (Å²) in [4.78, 5) is 0. The summed E-state index contributed by atoms with van der Waals surface area (Å²) in [7, 11) is 0. The van der Waals surface area contributed by atoms with Crippen LogP contribution >= 0.6 is 0 Å². The lowest BCUT2D eigenvalue weighted by molar-refractivity contribution is -0.217. The molecule has 0 aliphatic heterocycles. The zero-order valence-electron chi connectivity index (χ0n) is 9.04. The SMILES string of the molecule is CC(OCc1ccco1)OCC(F)(F)C(F)F. The minimum Gasteiger partial charge on any atom is -0.467 e. The molecule has 1 unspecified atom stereocenters. The Kier molecular flexibility index (Phi) is 4.95. The third kappa shape index (κ3) is 4.74. The van der Waals surface area contributed by atoms with Crippen LogP contribution in [0.25, 0.3) is 0 Å². The highest BCUT2D eigenvalue weighted by molar-refractivity contribution is 4.96. The molecule has 17 heavy (non-hydrogen) atoms. The summed E-state index contributed by atoms with van der Waals surface area (Å²) in [5.74, 6) is -3.68. The van der Waals surface area contributed by atoms with Crippen molar-refractivity contribution in [2.75, 3.05) is 6.61 Å². The van der Waals surface area contributed by atoms with Crippen LogP contribution in [-0.4, -0.2) is 25.2 Å². The normalized spacial score (nSPS) is 14.2. The van der Waals surface area contributed by atoms with Crippen molar-refractivity contribution in [3.63, 3.8) is 0 Å². The average molecular weight is 256 g/mol. The second kappa shape index (κ2) is 6.02. The number of furan rings is 1. The molecular formula is C10H12F4O3.